The number of carbonyl (C=O) groups excluding carboxylic acids is 1. The van der Waals surface area contributed by atoms with E-state index in [1.807, 2.05) is 24.3 Å². The summed E-state index contributed by atoms with van der Waals surface area (Å²) in [4.78, 5) is 15.7. The monoisotopic (exact) mass is 325 g/mol. The van der Waals surface area contributed by atoms with Crippen LogP contribution in [0.5, 0.6) is 0 Å². The summed E-state index contributed by atoms with van der Waals surface area (Å²) in [6, 6.07) is 14.3. The number of carbonyl (C=O) groups is 1. The Balaban J connectivity index is 1.66. The third kappa shape index (κ3) is 3.84. The van der Waals surface area contributed by atoms with Gasteiger partial charge in [0.15, 0.2) is 0 Å². The van der Waals surface area contributed by atoms with Crippen molar-refractivity contribution in [3.63, 3.8) is 0 Å². The Morgan fingerprint density at radius 1 is 1.22 bits per heavy atom. The fraction of sp³-hybridized carbons (Fsp3) is 0. The molecular weight excluding hydrogens is 314 g/mol. The van der Waals surface area contributed by atoms with Crippen LogP contribution in [0.25, 0.3) is 11.3 Å². The van der Waals surface area contributed by atoms with Gasteiger partial charge in [0, 0.05) is 23.0 Å². The smallest absolute Gasteiger partial charge is 0.272 e. The van der Waals surface area contributed by atoms with Crippen molar-refractivity contribution < 1.29 is 9.21 Å². The van der Waals surface area contributed by atoms with Crippen molar-refractivity contribution in [2.45, 2.75) is 0 Å². The van der Waals surface area contributed by atoms with Gasteiger partial charge in [-0.05, 0) is 36.4 Å². The number of furan rings is 1. The van der Waals surface area contributed by atoms with E-state index in [4.69, 9.17) is 16.0 Å². The predicted molar refractivity (Wildman–Crippen MR) is 88.5 cm³/mol. The molecule has 1 N–H and O–H groups in total. The molecule has 0 fully saturated rings. The molecule has 0 unspecified atom stereocenters. The Kier molecular flexibility index (Phi) is 4.49. The van der Waals surface area contributed by atoms with Crippen molar-refractivity contribution in [2.24, 2.45) is 5.10 Å². The van der Waals surface area contributed by atoms with E-state index in [0.29, 0.717) is 22.1 Å². The molecule has 6 heteroatoms. The first-order valence-electron chi connectivity index (χ1n) is 6.81. The summed E-state index contributed by atoms with van der Waals surface area (Å²) in [7, 11) is 0. The molecule has 2 heterocycles. The van der Waals surface area contributed by atoms with E-state index < -0.39 is 0 Å². The Bertz CT molecular complexity index is 844. The number of hydrogen-bond acceptors (Lipinski definition) is 4. The lowest BCUT2D eigenvalue weighted by Crippen LogP contribution is -2.17. The van der Waals surface area contributed by atoms with Crippen LogP contribution in [0.3, 0.4) is 0 Å². The van der Waals surface area contributed by atoms with E-state index in [-0.39, 0.29) is 5.91 Å². The molecule has 23 heavy (non-hydrogen) atoms. The average molecular weight is 326 g/mol. The SMILES string of the molecule is O=C(N/N=C/c1ccc(-c2cccc(Cl)c2)o1)c1cccnc1. The van der Waals surface area contributed by atoms with Gasteiger partial charge in [0.2, 0.25) is 0 Å². The minimum atomic E-state index is -0.337. The van der Waals surface area contributed by atoms with Gasteiger partial charge >= 0.3 is 0 Å². The maximum Gasteiger partial charge on any atom is 0.272 e. The van der Waals surface area contributed by atoms with Crippen LogP contribution in [0, 0.1) is 0 Å². The standard InChI is InChI=1S/C17H12ClN3O2/c18-14-5-1-3-12(9-14)16-7-6-15(23-16)11-20-21-17(22)13-4-2-8-19-10-13/h1-11H,(H,21,22)/b20-11+. The molecule has 0 aliphatic rings. The quantitative estimate of drug-likeness (QED) is 0.586. The molecule has 0 spiro atoms. The highest BCUT2D eigenvalue weighted by Gasteiger charge is 2.05. The minimum absolute atomic E-state index is 0.337. The van der Waals surface area contributed by atoms with Crippen LogP contribution < -0.4 is 5.43 Å². The van der Waals surface area contributed by atoms with Crippen molar-refractivity contribution in [1.29, 1.82) is 0 Å². The number of aromatic nitrogens is 1. The zero-order valence-corrected chi connectivity index (χ0v) is 12.7. The maximum atomic E-state index is 11.8. The van der Waals surface area contributed by atoms with Crippen LogP contribution in [0.4, 0.5) is 0 Å². The molecular formula is C17H12ClN3O2. The van der Waals surface area contributed by atoms with Crippen LogP contribution in [-0.4, -0.2) is 17.1 Å². The topological polar surface area (TPSA) is 67.5 Å². The third-order valence-corrected chi connectivity index (χ3v) is 3.25. The fourth-order valence-electron chi connectivity index (χ4n) is 1.94. The molecule has 2 aromatic heterocycles. The lowest BCUT2D eigenvalue weighted by atomic mass is 10.2. The summed E-state index contributed by atoms with van der Waals surface area (Å²) in [5, 5.41) is 4.51. The van der Waals surface area contributed by atoms with Crippen LogP contribution in [-0.2, 0) is 0 Å². The molecule has 3 aromatic rings. The molecule has 5 nitrogen and oxygen atoms in total. The van der Waals surface area contributed by atoms with Crippen molar-refractivity contribution in [3.8, 4) is 11.3 Å². The minimum Gasteiger partial charge on any atom is -0.455 e. The first kappa shape index (κ1) is 15.0. The second-order valence-electron chi connectivity index (χ2n) is 4.65. The fourth-order valence-corrected chi connectivity index (χ4v) is 2.13. The first-order valence-corrected chi connectivity index (χ1v) is 7.19. The number of benzene rings is 1. The molecule has 0 aliphatic heterocycles. The van der Waals surface area contributed by atoms with Crippen LogP contribution in [0.2, 0.25) is 5.02 Å². The van der Waals surface area contributed by atoms with Crippen LogP contribution in [0.15, 0.2) is 70.4 Å². The van der Waals surface area contributed by atoms with Gasteiger partial charge in [0.1, 0.15) is 11.5 Å². The van der Waals surface area contributed by atoms with Crippen molar-refractivity contribution in [2.75, 3.05) is 0 Å². The van der Waals surface area contributed by atoms with Crippen molar-refractivity contribution in [1.82, 2.24) is 10.4 Å². The van der Waals surface area contributed by atoms with Gasteiger partial charge in [-0.3, -0.25) is 9.78 Å². The molecule has 1 aromatic carbocycles. The summed E-state index contributed by atoms with van der Waals surface area (Å²) in [5.41, 5.74) is 3.72. The zero-order valence-electron chi connectivity index (χ0n) is 11.9. The Morgan fingerprint density at radius 3 is 2.91 bits per heavy atom. The molecule has 0 atom stereocenters. The van der Waals surface area contributed by atoms with Crippen LogP contribution in [0.1, 0.15) is 16.1 Å². The Labute approximate surface area is 137 Å². The number of halogens is 1. The van der Waals surface area contributed by atoms with Crippen molar-refractivity contribution >= 4 is 23.7 Å². The largest absolute Gasteiger partial charge is 0.455 e. The summed E-state index contributed by atoms with van der Waals surface area (Å²) < 4.78 is 5.64. The molecule has 0 bridgehead atoms. The van der Waals surface area contributed by atoms with Gasteiger partial charge in [-0.2, -0.15) is 5.10 Å². The molecule has 0 radical (unpaired) electrons. The number of nitrogens with zero attached hydrogens (tertiary/aromatic N) is 2. The highest BCUT2D eigenvalue weighted by molar-refractivity contribution is 6.30. The third-order valence-electron chi connectivity index (χ3n) is 3.02. The Hall–Kier alpha value is -2.92. The van der Waals surface area contributed by atoms with E-state index in [0.717, 1.165) is 5.56 Å². The average Bonchev–Trinajstić information content (AvgIpc) is 3.04. The molecule has 3 rings (SSSR count). The van der Waals surface area contributed by atoms with Gasteiger partial charge < -0.3 is 4.42 Å². The number of nitrogens with one attached hydrogen (secondary N) is 1. The summed E-state index contributed by atoms with van der Waals surface area (Å²) >= 11 is 5.96. The lowest BCUT2D eigenvalue weighted by Gasteiger charge is -1.98. The van der Waals surface area contributed by atoms with Gasteiger partial charge in [-0.1, -0.05) is 23.7 Å². The molecule has 114 valence electrons. The molecule has 1 amide bonds. The number of hydrogen-bond donors (Lipinski definition) is 1. The van der Waals surface area contributed by atoms with Crippen molar-refractivity contribution in [3.05, 3.63) is 77.3 Å². The van der Waals surface area contributed by atoms with E-state index in [2.05, 4.69) is 15.5 Å². The van der Waals surface area contributed by atoms with Crippen LogP contribution >= 0.6 is 11.6 Å². The normalized spacial score (nSPS) is 10.8. The highest BCUT2D eigenvalue weighted by atomic mass is 35.5. The van der Waals surface area contributed by atoms with Gasteiger partial charge in [0.05, 0.1) is 11.8 Å². The highest BCUT2D eigenvalue weighted by Crippen LogP contribution is 2.24. The zero-order chi connectivity index (χ0) is 16.1. The number of rotatable bonds is 4. The van der Waals surface area contributed by atoms with E-state index in [9.17, 15) is 4.79 Å². The first-order chi connectivity index (χ1) is 11.2. The summed E-state index contributed by atoms with van der Waals surface area (Å²) in [6.45, 7) is 0. The van der Waals surface area contributed by atoms with E-state index >= 15 is 0 Å². The van der Waals surface area contributed by atoms with E-state index in [1.54, 1.807) is 30.5 Å². The molecule has 0 saturated heterocycles. The number of amides is 1. The summed E-state index contributed by atoms with van der Waals surface area (Å²) in [5.74, 6) is 0.856. The van der Waals surface area contributed by atoms with Gasteiger partial charge in [-0.25, -0.2) is 5.43 Å². The Morgan fingerprint density at radius 2 is 2.13 bits per heavy atom. The molecule has 0 saturated carbocycles. The van der Waals surface area contributed by atoms with E-state index in [1.165, 1.54) is 12.4 Å². The second-order valence-corrected chi connectivity index (χ2v) is 5.09. The van der Waals surface area contributed by atoms with Gasteiger partial charge in [0.25, 0.3) is 5.91 Å². The lowest BCUT2D eigenvalue weighted by molar-refractivity contribution is 0.0955. The molecule has 0 aliphatic carbocycles. The predicted octanol–water partition coefficient (Wildman–Crippen LogP) is 3.76. The number of pyridine rings is 1. The number of hydrazone groups is 1. The second kappa shape index (κ2) is 6.89. The van der Waals surface area contributed by atoms with Gasteiger partial charge in [-0.15, -0.1) is 0 Å². The summed E-state index contributed by atoms with van der Waals surface area (Å²) in [6.07, 6.45) is 4.50. The maximum absolute atomic E-state index is 11.8.